The Morgan fingerprint density at radius 3 is 2.43 bits per heavy atom. The number of nitrogens with zero attached hydrogens (tertiary/aromatic N) is 1. The Bertz CT molecular complexity index is 413. The van der Waals surface area contributed by atoms with Gasteiger partial charge in [0.05, 0.1) is 19.4 Å². The molecule has 0 saturated heterocycles. The van der Waals surface area contributed by atoms with E-state index in [2.05, 4.69) is 19.2 Å². The molecule has 0 radical (unpaired) electrons. The fraction of sp³-hybridized carbons (Fsp3) is 0.733. The van der Waals surface area contributed by atoms with Gasteiger partial charge in [-0.3, -0.25) is 4.90 Å². The average Bonchev–Trinajstić information content (AvgIpc) is 2.73. The third kappa shape index (κ3) is 7.52. The van der Waals surface area contributed by atoms with E-state index in [-0.39, 0.29) is 12.6 Å². The molecule has 0 aliphatic heterocycles. The summed E-state index contributed by atoms with van der Waals surface area (Å²) in [5.74, 6) is 1.12. The van der Waals surface area contributed by atoms with Gasteiger partial charge in [-0.05, 0) is 32.4 Å². The van der Waals surface area contributed by atoms with E-state index in [1.807, 2.05) is 6.07 Å². The highest BCUT2D eigenvalue weighted by Crippen LogP contribution is 2.20. The molecule has 0 amide bonds. The summed E-state index contributed by atoms with van der Waals surface area (Å²) in [6.07, 6.45) is -2.59. The fourth-order valence-electron chi connectivity index (χ4n) is 1.96. The Labute approximate surface area is 124 Å². The van der Waals surface area contributed by atoms with E-state index in [0.717, 1.165) is 12.1 Å². The average molecular weight is 306 g/mol. The monoisotopic (exact) mass is 306 g/mol. The van der Waals surface area contributed by atoms with Gasteiger partial charge in [0.2, 0.25) is 0 Å². The third-order valence-corrected chi connectivity index (χ3v) is 3.06. The number of halogens is 3. The normalized spacial score (nSPS) is 12.9. The lowest BCUT2D eigenvalue weighted by molar-refractivity contribution is -0.151. The summed E-state index contributed by atoms with van der Waals surface area (Å²) in [5.41, 5.74) is 0.960. The summed E-state index contributed by atoms with van der Waals surface area (Å²) in [6.45, 7) is 8.54. The molecule has 1 N–H and O–H groups in total. The number of rotatable bonds is 8. The molecule has 3 nitrogen and oxygen atoms in total. The highest BCUT2D eigenvalue weighted by atomic mass is 19.4. The highest BCUT2D eigenvalue weighted by Gasteiger charge is 2.32. The number of nitrogens with one attached hydrogen (secondary N) is 1. The summed E-state index contributed by atoms with van der Waals surface area (Å²) in [7, 11) is 0. The van der Waals surface area contributed by atoms with Gasteiger partial charge >= 0.3 is 6.18 Å². The summed E-state index contributed by atoms with van der Waals surface area (Å²) >= 11 is 0. The molecule has 1 heterocycles. The van der Waals surface area contributed by atoms with E-state index < -0.39 is 12.7 Å². The van der Waals surface area contributed by atoms with E-state index in [1.54, 1.807) is 20.1 Å². The molecule has 0 aliphatic carbocycles. The molecule has 6 heteroatoms. The zero-order valence-corrected chi connectivity index (χ0v) is 13.1. The van der Waals surface area contributed by atoms with Crippen molar-refractivity contribution in [3.05, 3.63) is 23.7 Å². The second-order valence-electron chi connectivity index (χ2n) is 6.06. The van der Waals surface area contributed by atoms with Crippen molar-refractivity contribution in [2.75, 3.05) is 13.1 Å². The van der Waals surface area contributed by atoms with Gasteiger partial charge in [-0.15, -0.1) is 0 Å². The van der Waals surface area contributed by atoms with Crippen molar-refractivity contribution in [2.24, 2.45) is 5.92 Å². The van der Waals surface area contributed by atoms with Crippen LogP contribution in [0.2, 0.25) is 0 Å². The molecule has 0 fully saturated rings. The van der Waals surface area contributed by atoms with Crippen LogP contribution in [0.5, 0.6) is 0 Å². The highest BCUT2D eigenvalue weighted by molar-refractivity contribution is 5.12. The van der Waals surface area contributed by atoms with E-state index in [9.17, 15) is 13.2 Å². The second kappa shape index (κ2) is 7.84. The maximum Gasteiger partial charge on any atom is 0.401 e. The first-order valence-electron chi connectivity index (χ1n) is 7.25. The molecule has 0 saturated carbocycles. The van der Waals surface area contributed by atoms with E-state index in [0.29, 0.717) is 18.2 Å². The molecular weight excluding hydrogens is 281 g/mol. The van der Waals surface area contributed by atoms with Gasteiger partial charge in [-0.25, -0.2) is 0 Å². The van der Waals surface area contributed by atoms with E-state index in [1.165, 1.54) is 4.90 Å². The molecule has 0 aliphatic rings. The van der Waals surface area contributed by atoms with Gasteiger partial charge < -0.3 is 9.73 Å². The van der Waals surface area contributed by atoms with Crippen LogP contribution >= 0.6 is 0 Å². The lowest BCUT2D eigenvalue weighted by atomic mass is 10.2. The van der Waals surface area contributed by atoms with Crippen molar-refractivity contribution >= 4 is 0 Å². The molecule has 0 spiro atoms. The van der Waals surface area contributed by atoms with Crippen LogP contribution < -0.4 is 5.32 Å². The SMILES string of the molecule is CC(C)CNCc1coc(CN(CC(F)(F)F)C(C)C)c1. The predicted molar refractivity (Wildman–Crippen MR) is 76.9 cm³/mol. The summed E-state index contributed by atoms with van der Waals surface area (Å²) in [6, 6.07) is 1.62. The Morgan fingerprint density at radius 2 is 1.90 bits per heavy atom. The van der Waals surface area contributed by atoms with Crippen LogP contribution in [0.4, 0.5) is 13.2 Å². The van der Waals surface area contributed by atoms with Gasteiger partial charge in [0.15, 0.2) is 0 Å². The maximum absolute atomic E-state index is 12.5. The van der Waals surface area contributed by atoms with Crippen molar-refractivity contribution in [2.45, 2.75) is 53.0 Å². The van der Waals surface area contributed by atoms with Gasteiger partial charge in [-0.2, -0.15) is 13.2 Å². The zero-order valence-electron chi connectivity index (χ0n) is 13.1. The fourth-order valence-corrected chi connectivity index (χ4v) is 1.96. The van der Waals surface area contributed by atoms with Crippen LogP contribution in [0.1, 0.15) is 39.0 Å². The minimum atomic E-state index is -4.20. The molecule has 1 rings (SSSR count). The van der Waals surface area contributed by atoms with Gasteiger partial charge in [0.1, 0.15) is 5.76 Å². The van der Waals surface area contributed by atoms with Crippen LogP contribution in [0.15, 0.2) is 16.7 Å². The standard InChI is InChI=1S/C15H25F3N2O/c1-11(2)6-19-7-13-5-14(21-9-13)8-20(12(3)4)10-15(16,17)18/h5,9,11-12,19H,6-8,10H2,1-4H3. The molecule has 1 aromatic heterocycles. The van der Waals surface area contributed by atoms with Crippen molar-refractivity contribution in [3.63, 3.8) is 0 Å². The van der Waals surface area contributed by atoms with Gasteiger partial charge in [0, 0.05) is 18.2 Å². The lowest BCUT2D eigenvalue weighted by Crippen LogP contribution is -2.38. The topological polar surface area (TPSA) is 28.4 Å². The third-order valence-electron chi connectivity index (χ3n) is 3.06. The molecule has 21 heavy (non-hydrogen) atoms. The van der Waals surface area contributed by atoms with Crippen LogP contribution in [0.3, 0.4) is 0 Å². The maximum atomic E-state index is 12.5. The van der Waals surface area contributed by atoms with E-state index in [4.69, 9.17) is 4.42 Å². The quantitative estimate of drug-likeness (QED) is 0.792. The Balaban J connectivity index is 2.54. The molecule has 0 bridgehead atoms. The smallest absolute Gasteiger partial charge is 0.401 e. The van der Waals surface area contributed by atoms with Crippen LogP contribution in [-0.2, 0) is 13.1 Å². The number of hydrogen-bond acceptors (Lipinski definition) is 3. The molecule has 0 unspecified atom stereocenters. The van der Waals surface area contributed by atoms with E-state index >= 15 is 0 Å². The number of alkyl halides is 3. The molecular formula is C15H25F3N2O. The van der Waals surface area contributed by atoms with Crippen molar-refractivity contribution < 1.29 is 17.6 Å². The minimum Gasteiger partial charge on any atom is -0.468 e. The first kappa shape index (κ1) is 18.0. The Hall–Kier alpha value is -1.01. The first-order valence-corrected chi connectivity index (χ1v) is 7.25. The lowest BCUT2D eigenvalue weighted by Gasteiger charge is -2.26. The Morgan fingerprint density at radius 1 is 1.24 bits per heavy atom. The van der Waals surface area contributed by atoms with Crippen LogP contribution in [0.25, 0.3) is 0 Å². The summed E-state index contributed by atoms with van der Waals surface area (Å²) in [4.78, 5) is 1.35. The number of hydrogen-bond donors (Lipinski definition) is 1. The van der Waals surface area contributed by atoms with Crippen molar-refractivity contribution in [1.29, 1.82) is 0 Å². The van der Waals surface area contributed by atoms with Crippen molar-refractivity contribution in [1.82, 2.24) is 10.2 Å². The second-order valence-corrected chi connectivity index (χ2v) is 6.06. The largest absolute Gasteiger partial charge is 0.468 e. The molecule has 0 aromatic carbocycles. The van der Waals surface area contributed by atoms with Crippen molar-refractivity contribution in [3.8, 4) is 0 Å². The molecule has 1 aromatic rings. The summed E-state index contributed by atoms with van der Waals surface area (Å²) < 4.78 is 43.0. The van der Waals surface area contributed by atoms with Gasteiger partial charge in [0.25, 0.3) is 0 Å². The number of furan rings is 1. The first-order chi connectivity index (χ1) is 9.67. The molecule has 0 atom stereocenters. The summed E-state index contributed by atoms with van der Waals surface area (Å²) in [5, 5.41) is 3.28. The molecule has 122 valence electrons. The zero-order chi connectivity index (χ0) is 16.0. The minimum absolute atomic E-state index is 0.168. The predicted octanol–water partition coefficient (Wildman–Crippen LogP) is 3.80. The van der Waals surface area contributed by atoms with Gasteiger partial charge in [-0.1, -0.05) is 13.8 Å². The Kier molecular flexibility index (Phi) is 6.74. The van der Waals surface area contributed by atoms with Crippen LogP contribution in [0, 0.1) is 5.92 Å². The van der Waals surface area contributed by atoms with Crippen LogP contribution in [-0.4, -0.2) is 30.2 Å².